The molecule has 1 saturated heterocycles. The van der Waals surface area contributed by atoms with E-state index in [4.69, 9.17) is 9.68 Å². The van der Waals surface area contributed by atoms with Gasteiger partial charge in [-0.3, -0.25) is 19.9 Å². The van der Waals surface area contributed by atoms with Crippen molar-refractivity contribution in [1.82, 2.24) is 10.3 Å². The maximum atomic E-state index is 11.7. The van der Waals surface area contributed by atoms with Crippen LogP contribution >= 0.6 is 11.8 Å². The fraction of sp³-hybridized carbons (Fsp3) is 0. The largest absolute Gasteiger partial charge is 0.454 e. The van der Waals surface area contributed by atoms with Gasteiger partial charge in [-0.05, 0) is 36.0 Å². The highest BCUT2D eigenvalue weighted by atomic mass is 32.2. The SMILES string of the molecule is N#Cc1cccc(Nc2cncc3cc(/C=C4\SC(=O)NC4=O)oc23)c1. The van der Waals surface area contributed by atoms with Crippen LogP contribution in [-0.2, 0) is 4.79 Å². The first kappa shape index (κ1) is 15.9. The topological polar surface area (TPSA) is 108 Å². The third-order valence-electron chi connectivity index (χ3n) is 3.63. The number of fused-ring (bicyclic) bond motifs is 1. The Bertz CT molecular complexity index is 1130. The molecule has 0 saturated carbocycles. The van der Waals surface area contributed by atoms with Crippen molar-refractivity contribution in [2.24, 2.45) is 0 Å². The minimum absolute atomic E-state index is 0.276. The van der Waals surface area contributed by atoms with Crippen molar-refractivity contribution >= 4 is 51.3 Å². The summed E-state index contributed by atoms with van der Waals surface area (Å²) in [5, 5.41) is 14.7. The number of anilines is 2. The molecule has 126 valence electrons. The number of nitrogens with zero attached hydrogens (tertiary/aromatic N) is 2. The molecule has 3 aromatic rings. The van der Waals surface area contributed by atoms with Crippen LogP contribution in [0, 0.1) is 11.3 Å². The van der Waals surface area contributed by atoms with Gasteiger partial charge in [0.2, 0.25) is 0 Å². The molecular weight excluding hydrogens is 352 g/mol. The quantitative estimate of drug-likeness (QED) is 0.683. The molecule has 0 bridgehead atoms. The fourth-order valence-electron chi connectivity index (χ4n) is 2.51. The Morgan fingerprint density at radius 2 is 2.15 bits per heavy atom. The molecule has 3 heterocycles. The smallest absolute Gasteiger partial charge is 0.290 e. The molecule has 26 heavy (non-hydrogen) atoms. The summed E-state index contributed by atoms with van der Waals surface area (Å²) in [6, 6.07) is 10.9. The van der Waals surface area contributed by atoms with E-state index < -0.39 is 11.1 Å². The number of pyridine rings is 1. The normalized spacial score (nSPS) is 15.3. The van der Waals surface area contributed by atoms with Crippen LogP contribution in [0.5, 0.6) is 0 Å². The average Bonchev–Trinajstić information content (AvgIpc) is 3.18. The van der Waals surface area contributed by atoms with Gasteiger partial charge in [0, 0.05) is 23.3 Å². The standard InChI is InChI=1S/C18H10N4O3S/c19-7-10-2-1-3-12(4-10)21-14-9-20-8-11-5-13(25-16(11)14)6-15-17(23)22-18(24)26-15/h1-6,8-9,21H,(H,22,23,24)/b15-6-. The van der Waals surface area contributed by atoms with E-state index in [1.165, 1.54) is 6.08 Å². The van der Waals surface area contributed by atoms with Gasteiger partial charge in [-0.2, -0.15) is 5.26 Å². The van der Waals surface area contributed by atoms with Gasteiger partial charge in [0.15, 0.2) is 5.58 Å². The summed E-state index contributed by atoms with van der Waals surface area (Å²) in [7, 11) is 0. The van der Waals surface area contributed by atoms with Crippen LogP contribution in [0.1, 0.15) is 11.3 Å². The predicted molar refractivity (Wildman–Crippen MR) is 97.6 cm³/mol. The summed E-state index contributed by atoms with van der Waals surface area (Å²) in [5.41, 5.74) is 2.45. The van der Waals surface area contributed by atoms with E-state index in [0.717, 1.165) is 22.8 Å². The van der Waals surface area contributed by atoms with Crippen molar-refractivity contribution in [3.8, 4) is 6.07 Å². The van der Waals surface area contributed by atoms with E-state index in [1.54, 1.807) is 36.7 Å². The first-order valence-electron chi connectivity index (χ1n) is 7.52. The van der Waals surface area contributed by atoms with Crippen molar-refractivity contribution in [3.63, 3.8) is 0 Å². The Labute approximate surface area is 151 Å². The van der Waals surface area contributed by atoms with Crippen LogP contribution in [0.4, 0.5) is 16.2 Å². The van der Waals surface area contributed by atoms with Gasteiger partial charge in [0.05, 0.1) is 22.7 Å². The molecule has 1 aliphatic heterocycles. The Balaban J connectivity index is 1.70. The molecule has 8 heteroatoms. The Morgan fingerprint density at radius 1 is 1.27 bits per heavy atom. The second kappa shape index (κ2) is 6.38. The van der Waals surface area contributed by atoms with Gasteiger partial charge in [-0.15, -0.1) is 0 Å². The summed E-state index contributed by atoms with van der Waals surface area (Å²) in [6.07, 6.45) is 4.78. The molecule has 4 rings (SSSR count). The molecule has 1 aromatic carbocycles. The number of hydrogen-bond donors (Lipinski definition) is 2. The number of imide groups is 1. The van der Waals surface area contributed by atoms with Gasteiger partial charge in [0.25, 0.3) is 11.1 Å². The second-order valence-corrected chi connectivity index (χ2v) is 6.44. The Kier molecular flexibility index (Phi) is 3.91. The molecule has 1 aliphatic rings. The highest BCUT2D eigenvalue weighted by Crippen LogP contribution is 2.31. The third kappa shape index (κ3) is 3.03. The van der Waals surface area contributed by atoms with E-state index >= 15 is 0 Å². The van der Waals surface area contributed by atoms with Crippen LogP contribution in [0.2, 0.25) is 0 Å². The maximum absolute atomic E-state index is 11.7. The van der Waals surface area contributed by atoms with Crippen molar-refractivity contribution in [1.29, 1.82) is 5.26 Å². The van der Waals surface area contributed by atoms with Gasteiger partial charge in [-0.1, -0.05) is 6.07 Å². The van der Waals surface area contributed by atoms with Gasteiger partial charge in [0.1, 0.15) is 11.4 Å². The molecular formula is C18H10N4O3S. The molecule has 1 fully saturated rings. The van der Waals surface area contributed by atoms with E-state index in [-0.39, 0.29) is 4.91 Å². The summed E-state index contributed by atoms with van der Waals surface area (Å²) < 4.78 is 5.82. The van der Waals surface area contributed by atoms with E-state index in [1.807, 2.05) is 6.07 Å². The minimum atomic E-state index is -0.440. The molecule has 2 amide bonds. The minimum Gasteiger partial charge on any atom is -0.454 e. The third-order valence-corrected chi connectivity index (χ3v) is 4.44. The zero-order valence-electron chi connectivity index (χ0n) is 13.1. The first-order valence-corrected chi connectivity index (χ1v) is 8.33. The molecule has 0 unspecified atom stereocenters. The summed E-state index contributed by atoms with van der Waals surface area (Å²) in [5.74, 6) is -0.000534. The number of carbonyl (C=O) groups excluding carboxylic acids is 2. The zero-order chi connectivity index (χ0) is 18.1. The first-order chi connectivity index (χ1) is 12.6. The maximum Gasteiger partial charge on any atom is 0.290 e. The lowest BCUT2D eigenvalue weighted by Crippen LogP contribution is -2.17. The van der Waals surface area contributed by atoms with Gasteiger partial charge in [-0.25, -0.2) is 0 Å². The van der Waals surface area contributed by atoms with Crippen LogP contribution in [0.25, 0.3) is 17.0 Å². The molecule has 0 spiro atoms. The van der Waals surface area contributed by atoms with Crippen molar-refractivity contribution in [3.05, 3.63) is 59.0 Å². The Morgan fingerprint density at radius 3 is 2.92 bits per heavy atom. The van der Waals surface area contributed by atoms with Crippen LogP contribution in [-0.4, -0.2) is 16.1 Å². The molecule has 0 radical (unpaired) electrons. The van der Waals surface area contributed by atoms with E-state index in [9.17, 15) is 9.59 Å². The number of aromatic nitrogens is 1. The van der Waals surface area contributed by atoms with Crippen LogP contribution in [0.3, 0.4) is 0 Å². The molecule has 0 aliphatic carbocycles. The molecule has 2 N–H and O–H groups in total. The fourth-order valence-corrected chi connectivity index (χ4v) is 3.18. The lowest BCUT2D eigenvalue weighted by atomic mass is 10.2. The second-order valence-electron chi connectivity index (χ2n) is 5.42. The number of amides is 2. The van der Waals surface area contributed by atoms with Crippen LogP contribution < -0.4 is 10.6 Å². The summed E-state index contributed by atoms with van der Waals surface area (Å²) in [4.78, 5) is 27.4. The van der Waals surface area contributed by atoms with E-state index in [2.05, 4.69) is 21.7 Å². The van der Waals surface area contributed by atoms with Gasteiger partial charge >= 0.3 is 0 Å². The number of thioether (sulfide) groups is 1. The highest BCUT2D eigenvalue weighted by molar-refractivity contribution is 8.18. The number of carbonyl (C=O) groups is 2. The van der Waals surface area contributed by atoms with E-state index in [0.29, 0.717) is 22.6 Å². The van der Waals surface area contributed by atoms with Gasteiger partial charge < -0.3 is 9.73 Å². The van der Waals surface area contributed by atoms with Crippen molar-refractivity contribution in [2.75, 3.05) is 5.32 Å². The predicted octanol–water partition coefficient (Wildman–Crippen LogP) is 3.77. The lowest BCUT2D eigenvalue weighted by Gasteiger charge is -2.06. The lowest BCUT2D eigenvalue weighted by molar-refractivity contribution is -0.115. The molecule has 7 nitrogen and oxygen atoms in total. The van der Waals surface area contributed by atoms with Crippen molar-refractivity contribution in [2.45, 2.75) is 0 Å². The number of nitrogens with one attached hydrogen (secondary N) is 2. The summed E-state index contributed by atoms with van der Waals surface area (Å²) >= 11 is 0.829. The zero-order valence-corrected chi connectivity index (χ0v) is 14.0. The molecule has 0 atom stereocenters. The number of nitriles is 1. The highest BCUT2D eigenvalue weighted by Gasteiger charge is 2.25. The number of benzene rings is 1. The molecule has 2 aromatic heterocycles. The van der Waals surface area contributed by atoms with Crippen LogP contribution in [0.15, 0.2) is 52.0 Å². The number of furan rings is 1. The summed E-state index contributed by atoms with van der Waals surface area (Å²) in [6.45, 7) is 0. The average molecular weight is 362 g/mol. The Hall–Kier alpha value is -3.57. The number of rotatable bonds is 3. The number of hydrogen-bond acceptors (Lipinski definition) is 7. The van der Waals surface area contributed by atoms with Crippen molar-refractivity contribution < 1.29 is 14.0 Å². The monoisotopic (exact) mass is 362 g/mol.